The van der Waals surface area contributed by atoms with Gasteiger partial charge in [0.05, 0.1) is 13.5 Å². The van der Waals surface area contributed by atoms with Gasteiger partial charge in [0.15, 0.2) is 0 Å². The molecule has 0 aromatic carbocycles. The summed E-state index contributed by atoms with van der Waals surface area (Å²) in [6, 6.07) is 0.108. The fourth-order valence-electron chi connectivity index (χ4n) is 2.23. The second-order valence-corrected chi connectivity index (χ2v) is 5.89. The van der Waals surface area contributed by atoms with Gasteiger partial charge in [0.25, 0.3) is 0 Å². The summed E-state index contributed by atoms with van der Waals surface area (Å²) < 4.78 is 41.2. The first-order valence-electron chi connectivity index (χ1n) is 7.11. The van der Waals surface area contributed by atoms with Crippen molar-refractivity contribution in [2.45, 2.75) is 57.8 Å². The van der Waals surface area contributed by atoms with E-state index in [1.807, 2.05) is 13.8 Å². The molecule has 1 unspecified atom stereocenters. The van der Waals surface area contributed by atoms with E-state index in [1.165, 1.54) is 7.11 Å². The van der Waals surface area contributed by atoms with Crippen LogP contribution in [0.1, 0.15) is 40.0 Å². The number of carbonyl (C=O) groups is 1. The minimum atomic E-state index is -4.13. The van der Waals surface area contributed by atoms with Crippen LogP contribution in [-0.2, 0) is 9.53 Å². The van der Waals surface area contributed by atoms with E-state index in [0.29, 0.717) is 19.4 Å². The van der Waals surface area contributed by atoms with Gasteiger partial charge in [-0.1, -0.05) is 0 Å². The monoisotopic (exact) mass is 312 g/mol. The maximum Gasteiger partial charge on any atom is 0.390 e. The molecule has 0 bridgehead atoms. The number of ether oxygens (including phenoxy) is 1. The highest BCUT2D eigenvalue weighted by molar-refractivity contribution is 5.80. The van der Waals surface area contributed by atoms with E-state index in [9.17, 15) is 18.0 Å². The minimum absolute atomic E-state index is 0.0317. The van der Waals surface area contributed by atoms with E-state index in [-0.39, 0.29) is 18.6 Å². The molecule has 7 heteroatoms. The molecule has 21 heavy (non-hydrogen) atoms. The Kier molecular flexibility index (Phi) is 8.25. The molecule has 0 aliphatic carbocycles. The molecular weight excluding hydrogens is 285 g/mol. The number of carbonyl (C=O) groups excluding carboxylic acids is 1. The average Bonchev–Trinajstić information content (AvgIpc) is 2.33. The highest BCUT2D eigenvalue weighted by Crippen LogP contribution is 2.20. The molecular formula is C14H27F3N2O2. The zero-order valence-electron chi connectivity index (χ0n) is 13.5. The summed E-state index contributed by atoms with van der Waals surface area (Å²) >= 11 is 0. The van der Waals surface area contributed by atoms with Crippen molar-refractivity contribution >= 4 is 5.97 Å². The lowest BCUT2D eigenvalue weighted by molar-refractivity contribution is -0.148. The highest BCUT2D eigenvalue weighted by atomic mass is 19.4. The van der Waals surface area contributed by atoms with Gasteiger partial charge in [0.1, 0.15) is 5.54 Å². The van der Waals surface area contributed by atoms with Gasteiger partial charge in [-0.15, -0.1) is 0 Å². The van der Waals surface area contributed by atoms with Gasteiger partial charge in [-0.05, 0) is 47.2 Å². The minimum Gasteiger partial charge on any atom is -0.468 e. The SMILES string of the molecule is COC(=O)C(C)(CCCN(C)CCC(F)(F)F)NC(C)C. The molecule has 0 saturated heterocycles. The summed E-state index contributed by atoms with van der Waals surface area (Å²) in [6.45, 7) is 6.08. The van der Waals surface area contributed by atoms with Crippen LogP contribution in [0.2, 0.25) is 0 Å². The predicted molar refractivity (Wildman–Crippen MR) is 76.1 cm³/mol. The number of hydrogen-bond donors (Lipinski definition) is 1. The first-order chi connectivity index (χ1) is 9.50. The predicted octanol–water partition coefficient (Wildman–Crippen LogP) is 2.58. The fourth-order valence-corrected chi connectivity index (χ4v) is 2.23. The number of methoxy groups -OCH3 is 1. The molecule has 126 valence electrons. The van der Waals surface area contributed by atoms with Crippen LogP contribution in [0.3, 0.4) is 0 Å². The summed E-state index contributed by atoms with van der Waals surface area (Å²) in [5, 5.41) is 3.16. The molecule has 0 radical (unpaired) electrons. The van der Waals surface area contributed by atoms with Crippen LogP contribution in [0.4, 0.5) is 13.2 Å². The van der Waals surface area contributed by atoms with E-state index in [1.54, 1.807) is 18.9 Å². The van der Waals surface area contributed by atoms with Crippen molar-refractivity contribution in [1.29, 1.82) is 0 Å². The van der Waals surface area contributed by atoms with E-state index >= 15 is 0 Å². The third-order valence-electron chi connectivity index (χ3n) is 3.24. The van der Waals surface area contributed by atoms with Gasteiger partial charge in [0.2, 0.25) is 0 Å². The fraction of sp³-hybridized carbons (Fsp3) is 0.929. The summed E-state index contributed by atoms with van der Waals surface area (Å²) in [7, 11) is 2.98. The molecule has 0 rings (SSSR count). The van der Waals surface area contributed by atoms with Crippen molar-refractivity contribution in [3.8, 4) is 0 Å². The van der Waals surface area contributed by atoms with Gasteiger partial charge in [-0.2, -0.15) is 13.2 Å². The molecule has 0 aliphatic heterocycles. The number of alkyl halides is 3. The van der Waals surface area contributed by atoms with Gasteiger partial charge >= 0.3 is 12.1 Å². The molecule has 0 saturated carbocycles. The largest absolute Gasteiger partial charge is 0.468 e. The number of nitrogens with zero attached hydrogens (tertiary/aromatic N) is 1. The number of halogens is 3. The maximum absolute atomic E-state index is 12.1. The van der Waals surface area contributed by atoms with Crippen molar-refractivity contribution in [1.82, 2.24) is 10.2 Å². The zero-order chi connectivity index (χ0) is 16.7. The second-order valence-electron chi connectivity index (χ2n) is 5.89. The zero-order valence-corrected chi connectivity index (χ0v) is 13.5. The Morgan fingerprint density at radius 2 is 1.81 bits per heavy atom. The quantitative estimate of drug-likeness (QED) is 0.665. The van der Waals surface area contributed by atoms with Crippen LogP contribution in [0.5, 0.6) is 0 Å². The average molecular weight is 312 g/mol. The molecule has 0 fully saturated rings. The Morgan fingerprint density at radius 1 is 1.24 bits per heavy atom. The van der Waals surface area contributed by atoms with E-state index in [0.717, 1.165) is 0 Å². The van der Waals surface area contributed by atoms with E-state index < -0.39 is 18.1 Å². The maximum atomic E-state index is 12.1. The Balaban J connectivity index is 4.28. The van der Waals surface area contributed by atoms with Gasteiger partial charge in [0, 0.05) is 12.6 Å². The van der Waals surface area contributed by atoms with E-state index in [2.05, 4.69) is 5.32 Å². The standard InChI is InChI=1S/C14H27F3N2O2/c1-11(2)18-13(3,12(20)21-5)7-6-9-19(4)10-8-14(15,16)17/h11,18H,6-10H2,1-5H3. The Morgan fingerprint density at radius 3 is 2.24 bits per heavy atom. The first-order valence-corrected chi connectivity index (χ1v) is 7.11. The van der Waals surface area contributed by atoms with Crippen molar-refractivity contribution in [2.75, 3.05) is 27.2 Å². The molecule has 4 nitrogen and oxygen atoms in total. The number of esters is 1. The topological polar surface area (TPSA) is 41.6 Å². The van der Waals surface area contributed by atoms with Crippen LogP contribution in [0, 0.1) is 0 Å². The summed E-state index contributed by atoms with van der Waals surface area (Å²) in [4.78, 5) is 13.5. The van der Waals surface area contributed by atoms with Gasteiger partial charge in [-0.25, -0.2) is 0 Å². The molecule has 1 atom stereocenters. The van der Waals surface area contributed by atoms with Crippen LogP contribution in [0.25, 0.3) is 0 Å². The third kappa shape index (κ3) is 8.93. The normalized spacial score (nSPS) is 15.3. The van der Waals surface area contributed by atoms with Gasteiger partial charge < -0.3 is 9.64 Å². The van der Waals surface area contributed by atoms with E-state index in [4.69, 9.17) is 4.74 Å². The molecule has 0 amide bonds. The third-order valence-corrected chi connectivity index (χ3v) is 3.24. The lowest BCUT2D eigenvalue weighted by atomic mass is 9.94. The number of hydrogen-bond acceptors (Lipinski definition) is 4. The Bertz CT molecular complexity index is 322. The lowest BCUT2D eigenvalue weighted by Crippen LogP contribution is -2.53. The summed E-state index contributed by atoms with van der Waals surface area (Å²) in [5.74, 6) is -0.353. The van der Waals surface area contributed by atoms with Crippen LogP contribution in [0.15, 0.2) is 0 Å². The number of nitrogens with one attached hydrogen (secondary N) is 1. The molecule has 0 heterocycles. The molecule has 0 aromatic heterocycles. The first kappa shape index (κ1) is 20.2. The van der Waals surface area contributed by atoms with Crippen molar-refractivity contribution in [3.05, 3.63) is 0 Å². The van der Waals surface area contributed by atoms with Crippen LogP contribution >= 0.6 is 0 Å². The molecule has 0 spiro atoms. The smallest absolute Gasteiger partial charge is 0.390 e. The summed E-state index contributed by atoms with van der Waals surface area (Å²) in [6.07, 6.45) is -3.83. The second kappa shape index (κ2) is 8.58. The Hall–Kier alpha value is -0.820. The van der Waals surface area contributed by atoms with Gasteiger partial charge in [-0.3, -0.25) is 10.1 Å². The van der Waals surface area contributed by atoms with Crippen molar-refractivity contribution < 1.29 is 22.7 Å². The van der Waals surface area contributed by atoms with Crippen molar-refractivity contribution in [3.63, 3.8) is 0 Å². The van der Waals surface area contributed by atoms with Crippen LogP contribution in [-0.4, -0.2) is 55.9 Å². The summed E-state index contributed by atoms with van der Waals surface area (Å²) in [5.41, 5.74) is -0.812. The molecule has 0 aromatic rings. The Labute approximate surface area is 125 Å². The molecule has 0 aliphatic rings. The highest BCUT2D eigenvalue weighted by Gasteiger charge is 2.34. The van der Waals surface area contributed by atoms with Crippen molar-refractivity contribution in [2.24, 2.45) is 0 Å². The lowest BCUT2D eigenvalue weighted by Gasteiger charge is -2.31. The molecule has 1 N–H and O–H groups in total. The van der Waals surface area contributed by atoms with Crippen LogP contribution < -0.4 is 5.32 Å². The number of rotatable bonds is 9.